The topological polar surface area (TPSA) is 87.7 Å². The average Bonchev–Trinajstić information content (AvgIpc) is 2.93. The minimum Gasteiger partial charge on any atom is -0.493 e. The molecule has 1 fully saturated rings. The zero-order chi connectivity index (χ0) is 21.0. The Morgan fingerprint density at radius 3 is 2.72 bits per heavy atom. The molecule has 2 N–H and O–H groups in total. The second kappa shape index (κ2) is 9.03. The first kappa shape index (κ1) is 20.8. The number of rotatable bonds is 6. The molecule has 1 heterocycles. The molecule has 0 unspecified atom stereocenters. The zero-order valence-electron chi connectivity index (χ0n) is 15.4. The van der Waals surface area contributed by atoms with Crippen LogP contribution in [0.5, 0.6) is 5.75 Å². The summed E-state index contributed by atoms with van der Waals surface area (Å²) < 4.78 is 20.0. The number of benzene rings is 2. The number of amides is 4. The summed E-state index contributed by atoms with van der Waals surface area (Å²) in [6.45, 7) is 1.89. The van der Waals surface area contributed by atoms with Gasteiger partial charge in [0.05, 0.1) is 15.9 Å². The van der Waals surface area contributed by atoms with Crippen molar-refractivity contribution in [1.82, 2.24) is 10.2 Å². The minimum atomic E-state index is -0.717. The van der Waals surface area contributed by atoms with Crippen molar-refractivity contribution in [2.75, 3.05) is 18.5 Å². The maximum absolute atomic E-state index is 13.6. The Kier molecular flexibility index (Phi) is 6.47. The molecule has 2 aromatic rings. The van der Waals surface area contributed by atoms with E-state index in [-0.39, 0.29) is 11.4 Å². The van der Waals surface area contributed by atoms with Gasteiger partial charge < -0.3 is 15.4 Å². The van der Waals surface area contributed by atoms with Crippen LogP contribution < -0.4 is 15.4 Å². The number of carbonyl (C=O) groups excluding carboxylic acids is 3. The summed E-state index contributed by atoms with van der Waals surface area (Å²) in [5.74, 6) is -1.20. The number of para-hydroxylation sites is 1. The largest absolute Gasteiger partial charge is 0.493 e. The van der Waals surface area contributed by atoms with Crippen molar-refractivity contribution in [2.24, 2.45) is 0 Å². The lowest BCUT2D eigenvalue weighted by atomic mass is 10.2. The molecule has 3 rings (SSSR count). The third-order valence-electron chi connectivity index (χ3n) is 3.98. The van der Waals surface area contributed by atoms with Gasteiger partial charge in [0.15, 0.2) is 0 Å². The molecule has 0 aliphatic carbocycles. The molecule has 0 aromatic heterocycles. The fourth-order valence-corrected chi connectivity index (χ4v) is 3.35. The molecule has 0 spiro atoms. The number of ether oxygens (including phenoxy) is 1. The van der Waals surface area contributed by atoms with Crippen LogP contribution in [0.2, 0.25) is 0 Å². The third-order valence-corrected chi connectivity index (χ3v) is 4.82. The summed E-state index contributed by atoms with van der Waals surface area (Å²) in [6, 6.07) is 10.3. The van der Waals surface area contributed by atoms with Crippen LogP contribution >= 0.6 is 22.6 Å². The van der Waals surface area contributed by atoms with Gasteiger partial charge in [0.1, 0.15) is 23.8 Å². The highest BCUT2D eigenvalue weighted by Crippen LogP contribution is 2.24. The molecule has 0 radical (unpaired) electrons. The number of hydrogen-bond donors (Lipinski definition) is 2. The highest BCUT2D eigenvalue weighted by molar-refractivity contribution is 14.1. The minimum absolute atomic E-state index is 0.0238. The van der Waals surface area contributed by atoms with Crippen LogP contribution in [0.3, 0.4) is 0 Å². The number of imide groups is 1. The van der Waals surface area contributed by atoms with Crippen molar-refractivity contribution >= 4 is 52.2 Å². The predicted molar refractivity (Wildman–Crippen MR) is 114 cm³/mol. The molecule has 2 aromatic carbocycles. The Balaban J connectivity index is 1.71. The maximum Gasteiger partial charge on any atom is 0.329 e. The Bertz CT molecular complexity index is 1010. The molecule has 9 heteroatoms. The van der Waals surface area contributed by atoms with E-state index in [1.165, 1.54) is 24.3 Å². The van der Waals surface area contributed by atoms with E-state index in [1.54, 1.807) is 18.2 Å². The first-order chi connectivity index (χ1) is 13.9. The third kappa shape index (κ3) is 4.91. The fourth-order valence-electron chi connectivity index (χ4n) is 2.66. The fraction of sp³-hybridized carbons (Fsp3) is 0.150. The van der Waals surface area contributed by atoms with Gasteiger partial charge in [-0.3, -0.25) is 9.59 Å². The van der Waals surface area contributed by atoms with Gasteiger partial charge >= 0.3 is 6.03 Å². The Morgan fingerprint density at radius 1 is 1.28 bits per heavy atom. The summed E-state index contributed by atoms with van der Waals surface area (Å²) in [4.78, 5) is 37.5. The molecular formula is C20H17FIN3O4. The van der Waals surface area contributed by atoms with E-state index in [4.69, 9.17) is 4.74 Å². The summed E-state index contributed by atoms with van der Waals surface area (Å²) in [6.07, 6.45) is 1.52. The number of nitrogens with zero attached hydrogens (tertiary/aromatic N) is 1. The first-order valence-corrected chi connectivity index (χ1v) is 9.78. The molecular weight excluding hydrogens is 492 g/mol. The molecule has 1 aliphatic rings. The van der Waals surface area contributed by atoms with E-state index >= 15 is 0 Å². The number of hydrogen-bond acceptors (Lipinski definition) is 4. The summed E-state index contributed by atoms with van der Waals surface area (Å²) in [5.41, 5.74) is 0.720. The van der Waals surface area contributed by atoms with Gasteiger partial charge in [0, 0.05) is 0 Å². The quantitative estimate of drug-likeness (QED) is 0.355. The van der Waals surface area contributed by atoms with Crippen molar-refractivity contribution in [3.8, 4) is 5.75 Å². The van der Waals surface area contributed by atoms with Crippen LogP contribution in [0, 0.1) is 9.39 Å². The van der Waals surface area contributed by atoms with Crippen LogP contribution in [-0.2, 0) is 9.59 Å². The van der Waals surface area contributed by atoms with E-state index in [2.05, 4.69) is 33.2 Å². The lowest BCUT2D eigenvalue weighted by molar-refractivity contribution is -0.127. The van der Waals surface area contributed by atoms with Crippen molar-refractivity contribution < 1.29 is 23.5 Å². The standard InChI is InChI=1S/C20H17FIN3O4/c1-2-29-17-8-7-12(9-14(17)22)10-16-19(27)25(20(28)24-16)11-18(26)23-15-6-4-3-5-13(15)21/h3-10H,2,11H2,1H3,(H,23,26)(H,24,28)/b16-10+. The Hall–Kier alpha value is -2.95. The molecule has 1 saturated heterocycles. The lowest BCUT2D eigenvalue weighted by Gasteiger charge is -2.12. The van der Waals surface area contributed by atoms with Gasteiger partial charge in [-0.25, -0.2) is 14.1 Å². The molecule has 1 aliphatic heterocycles. The van der Waals surface area contributed by atoms with Crippen LogP contribution in [0.15, 0.2) is 48.2 Å². The van der Waals surface area contributed by atoms with Crippen LogP contribution in [0.25, 0.3) is 6.08 Å². The van der Waals surface area contributed by atoms with Crippen LogP contribution in [-0.4, -0.2) is 35.9 Å². The number of nitrogens with one attached hydrogen (secondary N) is 2. The lowest BCUT2D eigenvalue weighted by Crippen LogP contribution is -2.38. The SMILES string of the molecule is CCOc1ccc(/C=C2/NC(=O)N(CC(=O)Nc3ccccc3F)C2=O)cc1I. The molecule has 7 nitrogen and oxygen atoms in total. The van der Waals surface area contributed by atoms with Crippen molar-refractivity contribution in [3.05, 3.63) is 63.1 Å². The van der Waals surface area contributed by atoms with E-state index in [0.29, 0.717) is 12.2 Å². The normalized spacial score (nSPS) is 14.9. The number of anilines is 1. The highest BCUT2D eigenvalue weighted by Gasteiger charge is 2.35. The maximum atomic E-state index is 13.6. The van der Waals surface area contributed by atoms with E-state index in [9.17, 15) is 18.8 Å². The number of halogens is 2. The van der Waals surface area contributed by atoms with Crippen LogP contribution in [0.4, 0.5) is 14.9 Å². The average molecular weight is 509 g/mol. The van der Waals surface area contributed by atoms with Crippen molar-refractivity contribution in [3.63, 3.8) is 0 Å². The predicted octanol–water partition coefficient (Wildman–Crippen LogP) is 3.36. The second-order valence-corrected chi connectivity index (χ2v) is 7.19. The molecule has 29 heavy (non-hydrogen) atoms. The van der Waals surface area contributed by atoms with Gasteiger partial charge in [-0.2, -0.15) is 0 Å². The molecule has 0 atom stereocenters. The summed E-state index contributed by atoms with van der Waals surface area (Å²) in [7, 11) is 0. The van der Waals surface area contributed by atoms with Crippen molar-refractivity contribution in [1.29, 1.82) is 0 Å². The smallest absolute Gasteiger partial charge is 0.329 e. The van der Waals surface area contributed by atoms with Gasteiger partial charge in [0.2, 0.25) is 5.91 Å². The zero-order valence-corrected chi connectivity index (χ0v) is 17.5. The van der Waals surface area contributed by atoms with Gasteiger partial charge in [-0.15, -0.1) is 0 Å². The molecule has 150 valence electrons. The van der Waals surface area contributed by atoms with Crippen molar-refractivity contribution in [2.45, 2.75) is 6.92 Å². The Labute approximate surface area is 180 Å². The molecule has 4 amide bonds. The van der Waals surface area contributed by atoms with Gasteiger partial charge in [0.25, 0.3) is 5.91 Å². The summed E-state index contributed by atoms with van der Waals surface area (Å²) >= 11 is 2.12. The second-order valence-electron chi connectivity index (χ2n) is 6.03. The monoisotopic (exact) mass is 509 g/mol. The highest BCUT2D eigenvalue weighted by atomic mass is 127. The first-order valence-electron chi connectivity index (χ1n) is 8.70. The van der Waals surface area contributed by atoms with Gasteiger partial charge in [-0.1, -0.05) is 18.2 Å². The molecule has 0 saturated carbocycles. The number of urea groups is 1. The van der Waals surface area contributed by atoms with E-state index < -0.39 is 30.2 Å². The number of carbonyl (C=O) groups is 3. The van der Waals surface area contributed by atoms with Gasteiger partial charge in [-0.05, 0) is 65.4 Å². The van der Waals surface area contributed by atoms with E-state index in [0.717, 1.165) is 14.2 Å². The van der Waals surface area contributed by atoms with E-state index in [1.807, 2.05) is 13.0 Å². The molecule has 0 bridgehead atoms. The summed E-state index contributed by atoms with van der Waals surface area (Å²) in [5, 5.41) is 4.80. The Morgan fingerprint density at radius 2 is 2.03 bits per heavy atom. The van der Waals surface area contributed by atoms with Crippen LogP contribution in [0.1, 0.15) is 12.5 Å².